The third kappa shape index (κ3) is 5.50. The maximum atomic E-state index is 11.7. The summed E-state index contributed by atoms with van der Waals surface area (Å²) in [5, 5.41) is 0.698. The Labute approximate surface area is 137 Å². The lowest BCUT2D eigenvalue weighted by molar-refractivity contribution is -0.906. The minimum Gasteiger partial charge on any atom is -0.493 e. The topological polar surface area (TPSA) is 40.0 Å². The summed E-state index contributed by atoms with van der Waals surface area (Å²) >= 11 is 5.92. The van der Waals surface area contributed by atoms with E-state index in [4.69, 9.17) is 21.1 Å². The summed E-state index contributed by atoms with van der Waals surface area (Å²) < 4.78 is 10.8. The molecule has 0 amide bonds. The summed E-state index contributed by atoms with van der Waals surface area (Å²) in [6, 6.07) is 7.48. The van der Waals surface area contributed by atoms with Crippen molar-refractivity contribution in [2.24, 2.45) is 5.92 Å². The van der Waals surface area contributed by atoms with Crippen molar-refractivity contribution in [3.05, 3.63) is 29.3 Å². The second kappa shape index (κ2) is 9.01. The average Bonchev–Trinajstić information content (AvgIpc) is 2.52. The molecule has 2 rings (SSSR count). The zero-order valence-corrected chi connectivity index (χ0v) is 13.9. The van der Waals surface area contributed by atoms with Gasteiger partial charge >= 0.3 is 5.97 Å². The van der Waals surface area contributed by atoms with Crippen molar-refractivity contribution in [2.75, 3.05) is 32.8 Å². The van der Waals surface area contributed by atoms with E-state index in [0.717, 1.165) is 44.6 Å². The molecular weight excluding hydrogens is 302 g/mol. The van der Waals surface area contributed by atoms with Gasteiger partial charge in [-0.2, -0.15) is 0 Å². The fourth-order valence-corrected chi connectivity index (χ4v) is 3.02. The van der Waals surface area contributed by atoms with E-state index in [1.165, 1.54) is 0 Å². The zero-order valence-electron chi connectivity index (χ0n) is 13.1. The molecule has 122 valence electrons. The van der Waals surface area contributed by atoms with Gasteiger partial charge in [0, 0.05) is 24.3 Å². The molecule has 0 saturated carbocycles. The van der Waals surface area contributed by atoms with E-state index in [2.05, 4.69) is 0 Å². The number of ether oxygens (including phenoxy) is 2. The Hall–Kier alpha value is -1.26. The molecule has 1 heterocycles. The molecule has 1 aromatic carbocycles. The fraction of sp³-hybridized carbons (Fsp3) is 0.588. The minimum atomic E-state index is -0.0224. The SMILES string of the molecule is CCOC(=O)C1CC[NH+](CCCOc2cccc(Cl)c2)CC1. The normalized spacial score (nSPS) is 21.4. The highest BCUT2D eigenvalue weighted by Gasteiger charge is 2.27. The Bertz CT molecular complexity index is 473. The van der Waals surface area contributed by atoms with Crippen LogP contribution >= 0.6 is 11.6 Å². The summed E-state index contributed by atoms with van der Waals surface area (Å²) in [6.45, 7) is 6.20. The van der Waals surface area contributed by atoms with Gasteiger partial charge in [0.15, 0.2) is 0 Å². The summed E-state index contributed by atoms with van der Waals surface area (Å²) in [5.74, 6) is 0.903. The van der Waals surface area contributed by atoms with Crippen LogP contribution in [-0.2, 0) is 9.53 Å². The van der Waals surface area contributed by atoms with Gasteiger partial charge in [-0.15, -0.1) is 0 Å². The number of likely N-dealkylation sites (tertiary alicyclic amines) is 1. The van der Waals surface area contributed by atoms with E-state index in [9.17, 15) is 4.79 Å². The molecule has 1 N–H and O–H groups in total. The summed E-state index contributed by atoms with van der Waals surface area (Å²) in [5.41, 5.74) is 0. The molecule has 0 spiro atoms. The van der Waals surface area contributed by atoms with Gasteiger partial charge in [-0.3, -0.25) is 4.79 Å². The van der Waals surface area contributed by atoms with Gasteiger partial charge in [-0.25, -0.2) is 0 Å². The molecule has 0 aromatic heterocycles. The second-order valence-electron chi connectivity index (χ2n) is 5.69. The van der Waals surface area contributed by atoms with Gasteiger partial charge in [-0.05, 0) is 25.1 Å². The average molecular weight is 327 g/mol. The maximum Gasteiger partial charge on any atom is 0.309 e. The third-order valence-corrected chi connectivity index (χ3v) is 4.29. The van der Waals surface area contributed by atoms with Crippen LogP contribution in [0.1, 0.15) is 26.2 Å². The smallest absolute Gasteiger partial charge is 0.309 e. The van der Waals surface area contributed by atoms with Gasteiger partial charge in [0.05, 0.1) is 38.8 Å². The van der Waals surface area contributed by atoms with Crippen LogP contribution < -0.4 is 9.64 Å². The first-order valence-electron chi connectivity index (χ1n) is 8.07. The van der Waals surface area contributed by atoms with Gasteiger partial charge < -0.3 is 14.4 Å². The molecule has 1 aliphatic heterocycles. The van der Waals surface area contributed by atoms with Gasteiger partial charge in [0.25, 0.3) is 0 Å². The molecule has 0 atom stereocenters. The van der Waals surface area contributed by atoms with E-state index >= 15 is 0 Å². The monoisotopic (exact) mass is 326 g/mol. The van der Waals surface area contributed by atoms with Crippen molar-refractivity contribution in [2.45, 2.75) is 26.2 Å². The van der Waals surface area contributed by atoms with Crippen LogP contribution in [0.4, 0.5) is 0 Å². The van der Waals surface area contributed by atoms with Crippen molar-refractivity contribution in [1.29, 1.82) is 0 Å². The zero-order chi connectivity index (χ0) is 15.8. The molecule has 0 aliphatic carbocycles. The van der Waals surface area contributed by atoms with Crippen molar-refractivity contribution in [3.8, 4) is 5.75 Å². The fourth-order valence-electron chi connectivity index (χ4n) is 2.84. The largest absolute Gasteiger partial charge is 0.493 e. The highest BCUT2D eigenvalue weighted by atomic mass is 35.5. The molecule has 0 radical (unpaired) electrons. The van der Waals surface area contributed by atoms with E-state index in [1.807, 2.05) is 31.2 Å². The lowest BCUT2D eigenvalue weighted by atomic mass is 9.97. The maximum absolute atomic E-state index is 11.7. The standard InChI is InChI=1S/C17H24ClNO3/c1-2-21-17(20)14-7-10-19(11-8-14)9-4-12-22-16-6-3-5-15(18)13-16/h3,5-6,13-14H,2,4,7-12H2,1H3/p+1. The van der Waals surface area contributed by atoms with Crippen LogP contribution in [0.3, 0.4) is 0 Å². The highest BCUT2D eigenvalue weighted by Crippen LogP contribution is 2.17. The van der Waals surface area contributed by atoms with Crippen molar-refractivity contribution in [3.63, 3.8) is 0 Å². The number of carbonyl (C=O) groups is 1. The first-order valence-corrected chi connectivity index (χ1v) is 8.45. The van der Waals surface area contributed by atoms with Crippen LogP contribution in [0.15, 0.2) is 24.3 Å². The van der Waals surface area contributed by atoms with Gasteiger partial charge in [-0.1, -0.05) is 17.7 Å². The number of hydrogen-bond acceptors (Lipinski definition) is 3. The highest BCUT2D eigenvalue weighted by molar-refractivity contribution is 6.30. The molecule has 0 unspecified atom stereocenters. The van der Waals surface area contributed by atoms with E-state index in [-0.39, 0.29) is 11.9 Å². The molecule has 1 fully saturated rings. The number of piperidine rings is 1. The van der Waals surface area contributed by atoms with E-state index in [0.29, 0.717) is 18.2 Å². The second-order valence-corrected chi connectivity index (χ2v) is 6.12. The number of nitrogens with one attached hydrogen (secondary N) is 1. The Morgan fingerprint density at radius 3 is 2.82 bits per heavy atom. The van der Waals surface area contributed by atoms with Crippen molar-refractivity contribution in [1.82, 2.24) is 0 Å². The van der Waals surface area contributed by atoms with E-state index in [1.54, 1.807) is 4.90 Å². The quantitative estimate of drug-likeness (QED) is 0.615. The predicted molar refractivity (Wildman–Crippen MR) is 86.5 cm³/mol. The third-order valence-electron chi connectivity index (χ3n) is 4.05. The Balaban J connectivity index is 1.60. The number of halogens is 1. The first-order chi connectivity index (χ1) is 10.7. The van der Waals surface area contributed by atoms with Crippen LogP contribution in [-0.4, -0.2) is 38.8 Å². The molecular formula is C17H25ClNO3+. The number of benzene rings is 1. The molecule has 5 heteroatoms. The number of rotatable bonds is 7. The minimum absolute atomic E-state index is 0.0224. The van der Waals surface area contributed by atoms with Gasteiger partial charge in [0.1, 0.15) is 5.75 Å². The summed E-state index contributed by atoms with van der Waals surface area (Å²) in [7, 11) is 0. The van der Waals surface area contributed by atoms with Crippen LogP contribution in [0.5, 0.6) is 5.75 Å². The van der Waals surface area contributed by atoms with Crippen molar-refractivity contribution >= 4 is 17.6 Å². The lowest BCUT2D eigenvalue weighted by Gasteiger charge is -2.28. The Morgan fingerprint density at radius 2 is 2.14 bits per heavy atom. The Kier molecular flexibility index (Phi) is 7.00. The van der Waals surface area contributed by atoms with Crippen LogP contribution in [0.25, 0.3) is 0 Å². The number of hydrogen-bond donors (Lipinski definition) is 1. The predicted octanol–water partition coefficient (Wildman–Crippen LogP) is 1.97. The molecule has 1 saturated heterocycles. The molecule has 1 aromatic rings. The van der Waals surface area contributed by atoms with Crippen molar-refractivity contribution < 1.29 is 19.2 Å². The molecule has 1 aliphatic rings. The number of carbonyl (C=O) groups excluding carboxylic acids is 1. The van der Waals surface area contributed by atoms with Crippen LogP contribution in [0.2, 0.25) is 5.02 Å². The summed E-state index contributed by atoms with van der Waals surface area (Å²) in [6.07, 6.45) is 2.87. The Morgan fingerprint density at radius 1 is 1.36 bits per heavy atom. The van der Waals surface area contributed by atoms with Crippen LogP contribution in [0, 0.1) is 5.92 Å². The van der Waals surface area contributed by atoms with E-state index < -0.39 is 0 Å². The lowest BCUT2D eigenvalue weighted by Crippen LogP contribution is -3.13. The first kappa shape index (κ1) is 17.1. The molecule has 4 nitrogen and oxygen atoms in total. The molecule has 22 heavy (non-hydrogen) atoms. The summed E-state index contributed by atoms with van der Waals surface area (Å²) in [4.78, 5) is 13.2. The number of esters is 1. The van der Waals surface area contributed by atoms with Gasteiger partial charge in [0.2, 0.25) is 0 Å². The number of quaternary nitrogens is 1. The molecule has 0 bridgehead atoms.